The van der Waals surface area contributed by atoms with Crippen molar-refractivity contribution in [2.75, 3.05) is 33.0 Å². The molecule has 9 heteroatoms. The van der Waals surface area contributed by atoms with E-state index < -0.39 is 10.0 Å². The van der Waals surface area contributed by atoms with Crippen LogP contribution in [0.25, 0.3) is 6.08 Å². The van der Waals surface area contributed by atoms with E-state index in [1.165, 1.54) is 6.26 Å². The molecule has 1 aromatic heterocycles. The lowest BCUT2D eigenvalue weighted by Gasteiger charge is -2.22. The zero-order valence-electron chi connectivity index (χ0n) is 18.1. The van der Waals surface area contributed by atoms with Crippen LogP contribution in [0.4, 0.5) is 0 Å². The number of methoxy groups -OCH3 is 1. The predicted molar refractivity (Wildman–Crippen MR) is 118 cm³/mol. The highest BCUT2D eigenvalue weighted by atomic mass is 32.2. The molecule has 164 valence electrons. The second-order valence-corrected chi connectivity index (χ2v) is 9.74. The fourth-order valence-corrected chi connectivity index (χ4v) is 4.41. The molecule has 0 amide bonds. The van der Waals surface area contributed by atoms with Gasteiger partial charge in [-0.05, 0) is 23.6 Å². The van der Waals surface area contributed by atoms with E-state index >= 15 is 0 Å². The highest BCUT2D eigenvalue weighted by molar-refractivity contribution is 7.88. The molecule has 0 saturated carbocycles. The molecule has 0 spiro atoms. The van der Waals surface area contributed by atoms with Crippen molar-refractivity contribution in [1.82, 2.24) is 24.4 Å². The van der Waals surface area contributed by atoms with E-state index in [0.29, 0.717) is 5.82 Å². The summed E-state index contributed by atoms with van der Waals surface area (Å²) in [6, 6.07) is 7.59. The average molecular weight is 434 g/mol. The first-order valence-electron chi connectivity index (χ1n) is 10.2. The Balaban J connectivity index is 1.64. The van der Waals surface area contributed by atoms with Gasteiger partial charge in [0.15, 0.2) is 5.82 Å². The molecule has 1 atom stereocenters. The zero-order chi connectivity index (χ0) is 21.7. The first-order chi connectivity index (χ1) is 14.3. The van der Waals surface area contributed by atoms with Gasteiger partial charge in [-0.2, -0.15) is 0 Å². The number of rotatable bonds is 8. The molecular weight excluding hydrogens is 402 g/mol. The van der Waals surface area contributed by atoms with Crippen molar-refractivity contribution >= 4 is 16.1 Å². The van der Waals surface area contributed by atoms with Crippen LogP contribution in [-0.4, -0.2) is 61.1 Å². The van der Waals surface area contributed by atoms with E-state index in [4.69, 9.17) is 4.74 Å². The summed E-state index contributed by atoms with van der Waals surface area (Å²) in [5, 5.41) is 8.68. The third-order valence-electron chi connectivity index (χ3n) is 5.22. The molecule has 3 rings (SSSR count). The van der Waals surface area contributed by atoms with Crippen LogP contribution in [0.3, 0.4) is 0 Å². The zero-order valence-corrected chi connectivity index (χ0v) is 18.9. The normalized spacial score (nSPS) is 16.6. The molecule has 0 unspecified atom stereocenters. The number of hydrogen-bond donors (Lipinski definition) is 1. The Bertz CT molecular complexity index is 967. The molecule has 0 radical (unpaired) electrons. The molecule has 30 heavy (non-hydrogen) atoms. The number of ether oxygens (including phenoxy) is 1. The fourth-order valence-electron chi connectivity index (χ4n) is 3.57. The van der Waals surface area contributed by atoms with Crippen LogP contribution in [0, 0.1) is 5.92 Å². The smallest absolute Gasteiger partial charge is 0.209 e. The van der Waals surface area contributed by atoms with Gasteiger partial charge >= 0.3 is 0 Å². The second kappa shape index (κ2) is 9.72. The highest BCUT2D eigenvalue weighted by Gasteiger charge is 2.28. The van der Waals surface area contributed by atoms with E-state index in [0.717, 1.165) is 49.7 Å². The van der Waals surface area contributed by atoms with Crippen LogP contribution in [0.2, 0.25) is 0 Å². The quantitative estimate of drug-likeness (QED) is 0.686. The van der Waals surface area contributed by atoms with Gasteiger partial charge in [-0.3, -0.25) is 4.90 Å². The minimum Gasteiger partial charge on any atom is -0.497 e. The maximum atomic E-state index is 11.8. The van der Waals surface area contributed by atoms with Crippen molar-refractivity contribution in [3.8, 4) is 5.75 Å². The third kappa shape index (κ3) is 5.90. The van der Waals surface area contributed by atoms with E-state index in [1.807, 2.05) is 38.1 Å². The van der Waals surface area contributed by atoms with Gasteiger partial charge in [-0.25, -0.2) is 13.1 Å². The van der Waals surface area contributed by atoms with Crippen molar-refractivity contribution in [3.05, 3.63) is 47.6 Å². The standard InChI is InChI=1S/C21H31N5O3S/c1-16(2)20(24-30(4,27)28)21-23-22-19-11-13-25(14-15-26(19)21)12-5-6-17-7-9-18(29-3)10-8-17/h5-10,16,20,24H,11-15H2,1-4H3/b6-5+/t20-/m1/s1. The van der Waals surface area contributed by atoms with Gasteiger partial charge in [0.2, 0.25) is 10.0 Å². The van der Waals surface area contributed by atoms with Gasteiger partial charge in [0.25, 0.3) is 0 Å². The van der Waals surface area contributed by atoms with Gasteiger partial charge in [-0.15, -0.1) is 10.2 Å². The van der Waals surface area contributed by atoms with Crippen LogP contribution < -0.4 is 9.46 Å². The Morgan fingerprint density at radius 3 is 2.53 bits per heavy atom. The van der Waals surface area contributed by atoms with E-state index in [9.17, 15) is 8.42 Å². The number of hydrogen-bond acceptors (Lipinski definition) is 6. The topological polar surface area (TPSA) is 89.3 Å². The molecule has 0 fully saturated rings. The Labute approximate surface area is 179 Å². The van der Waals surface area contributed by atoms with Crippen LogP contribution >= 0.6 is 0 Å². The summed E-state index contributed by atoms with van der Waals surface area (Å²) in [7, 11) is -1.68. The van der Waals surface area contributed by atoms with E-state index in [1.54, 1.807) is 7.11 Å². The maximum Gasteiger partial charge on any atom is 0.209 e. The Morgan fingerprint density at radius 1 is 1.17 bits per heavy atom. The number of benzene rings is 1. The maximum absolute atomic E-state index is 11.8. The Hall–Kier alpha value is -2.23. The lowest BCUT2D eigenvalue weighted by Crippen LogP contribution is -2.33. The monoisotopic (exact) mass is 433 g/mol. The second-order valence-electron chi connectivity index (χ2n) is 7.96. The number of nitrogens with zero attached hydrogens (tertiary/aromatic N) is 4. The Morgan fingerprint density at radius 2 is 1.90 bits per heavy atom. The van der Waals surface area contributed by atoms with Gasteiger partial charge in [0, 0.05) is 32.6 Å². The lowest BCUT2D eigenvalue weighted by atomic mass is 10.1. The van der Waals surface area contributed by atoms with Crippen molar-refractivity contribution in [2.24, 2.45) is 5.92 Å². The molecule has 1 aliphatic heterocycles. The van der Waals surface area contributed by atoms with E-state index in [-0.39, 0.29) is 12.0 Å². The van der Waals surface area contributed by atoms with E-state index in [2.05, 4.69) is 36.5 Å². The summed E-state index contributed by atoms with van der Waals surface area (Å²) in [6.45, 7) is 7.29. The molecule has 1 aliphatic rings. The van der Waals surface area contributed by atoms with Crippen molar-refractivity contribution in [2.45, 2.75) is 32.9 Å². The van der Waals surface area contributed by atoms with Crippen LogP contribution in [0.1, 0.15) is 37.1 Å². The summed E-state index contributed by atoms with van der Waals surface area (Å²) < 4.78 is 33.6. The number of aromatic nitrogens is 3. The third-order valence-corrected chi connectivity index (χ3v) is 5.91. The molecule has 1 N–H and O–H groups in total. The van der Waals surface area contributed by atoms with Crippen LogP contribution in [0.15, 0.2) is 30.3 Å². The number of nitrogens with one attached hydrogen (secondary N) is 1. The van der Waals surface area contributed by atoms with Crippen molar-refractivity contribution in [1.29, 1.82) is 0 Å². The minimum atomic E-state index is -3.34. The van der Waals surface area contributed by atoms with Crippen molar-refractivity contribution < 1.29 is 13.2 Å². The largest absolute Gasteiger partial charge is 0.497 e. The molecule has 0 saturated heterocycles. The van der Waals surface area contributed by atoms with Gasteiger partial charge in [0.05, 0.1) is 19.4 Å². The first kappa shape index (κ1) is 22.5. The Kier molecular flexibility index (Phi) is 7.27. The van der Waals surface area contributed by atoms with Gasteiger partial charge < -0.3 is 9.30 Å². The summed E-state index contributed by atoms with van der Waals surface area (Å²) in [5.74, 6) is 2.53. The molecule has 8 nitrogen and oxygen atoms in total. The summed E-state index contributed by atoms with van der Waals surface area (Å²) >= 11 is 0. The minimum absolute atomic E-state index is 0.0693. The summed E-state index contributed by atoms with van der Waals surface area (Å²) in [6.07, 6.45) is 6.24. The van der Waals surface area contributed by atoms with Gasteiger partial charge in [-0.1, -0.05) is 38.1 Å². The predicted octanol–water partition coefficient (Wildman–Crippen LogP) is 2.10. The van der Waals surface area contributed by atoms with Crippen molar-refractivity contribution in [3.63, 3.8) is 0 Å². The molecule has 2 aromatic rings. The SMILES string of the molecule is COc1ccc(/C=C/CN2CCc3nnc([C@H](NS(C)(=O)=O)C(C)C)n3CC2)cc1. The molecular formula is C21H31N5O3S. The lowest BCUT2D eigenvalue weighted by molar-refractivity contribution is 0.305. The number of fused-ring (bicyclic) bond motifs is 1. The molecule has 2 heterocycles. The molecule has 0 bridgehead atoms. The van der Waals surface area contributed by atoms with Gasteiger partial charge in [0.1, 0.15) is 11.6 Å². The van der Waals surface area contributed by atoms with Crippen LogP contribution in [0.5, 0.6) is 5.75 Å². The first-order valence-corrected chi connectivity index (χ1v) is 12.1. The average Bonchev–Trinajstić information content (AvgIpc) is 2.99. The molecule has 0 aliphatic carbocycles. The highest BCUT2D eigenvalue weighted by Crippen LogP contribution is 2.23. The molecule has 1 aromatic carbocycles. The summed E-state index contributed by atoms with van der Waals surface area (Å²) in [5.41, 5.74) is 1.14. The number of sulfonamides is 1. The summed E-state index contributed by atoms with van der Waals surface area (Å²) in [4.78, 5) is 2.37. The van der Waals surface area contributed by atoms with Crippen LogP contribution in [-0.2, 0) is 23.0 Å². The fraction of sp³-hybridized carbons (Fsp3) is 0.524.